The van der Waals surface area contributed by atoms with E-state index in [4.69, 9.17) is 0 Å². The minimum absolute atomic E-state index is 0.167. The summed E-state index contributed by atoms with van der Waals surface area (Å²) in [5.74, 6) is -0.738. The molecule has 172 valence electrons. The molecule has 2 aromatic rings. The van der Waals surface area contributed by atoms with Crippen LogP contribution in [-0.2, 0) is 10.0 Å². The highest BCUT2D eigenvalue weighted by Crippen LogP contribution is 2.23. The zero-order chi connectivity index (χ0) is 23.3. The average Bonchev–Trinajstić information content (AvgIpc) is 2.78. The Balaban J connectivity index is 1.49. The third-order valence-corrected chi connectivity index (χ3v) is 7.54. The molecule has 2 aromatic carbocycles. The molecular formula is C23H28FN3O4S. The van der Waals surface area contributed by atoms with E-state index in [1.165, 1.54) is 46.8 Å². The van der Waals surface area contributed by atoms with Gasteiger partial charge in [0.25, 0.3) is 11.8 Å². The Morgan fingerprint density at radius 1 is 0.969 bits per heavy atom. The van der Waals surface area contributed by atoms with Crippen LogP contribution in [0.25, 0.3) is 0 Å². The Kier molecular flexibility index (Phi) is 7.63. The molecule has 0 unspecified atom stereocenters. The van der Waals surface area contributed by atoms with Gasteiger partial charge in [0, 0.05) is 37.3 Å². The van der Waals surface area contributed by atoms with Gasteiger partial charge < -0.3 is 10.6 Å². The van der Waals surface area contributed by atoms with E-state index in [-0.39, 0.29) is 29.5 Å². The lowest BCUT2D eigenvalue weighted by molar-refractivity contribution is 0.0927. The van der Waals surface area contributed by atoms with E-state index in [2.05, 4.69) is 17.6 Å². The highest BCUT2D eigenvalue weighted by molar-refractivity contribution is 7.89. The summed E-state index contributed by atoms with van der Waals surface area (Å²) in [4.78, 5) is 24.5. The molecule has 0 saturated carbocycles. The first-order valence-corrected chi connectivity index (χ1v) is 12.1. The Morgan fingerprint density at radius 3 is 2.06 bits per heavy atom. The number of carbonyl (C=O) groups excluding carboxylic acids is 2. The normalized spacial score (nSPS) is 15.3. The van der Waals surface area contributed by atoms with E-state index in [0.29, 0.717) is 30.1 Å². The van der Waals surface area contributed by atoms with Crippen LogP contribution in [0.1, 0.15) is 46.0 Å². The predicted molar refractivity (Wildman–Crippen MR) is 119 cm³/mol. The fourth-order valence-corrected chi connectivity index (χ4v) is 4.91. The molecule has 1 aliphatic rings. The highest BCUT2D eigenvalue weighted by Gasteiger charge is 2.28. The standard InChI is InChI=1S/C23H28FN3O4S/c1-16-9-13-27(14-10-16)32(30,31)20-7-5-18(6-8-20)22(28)25-11-12-26-23(29)19-4-3-17(2)21(24)15-19/h3-8,15-16H,9-14H2,1-2H3,(H,25,28)(H,26,29). The molecule has 1 saturated heterocycles. The molecule has 2 amide bonds. The first kappa shape index (κ1) is 23.9. The largest absolute Gasteiger partial charge is 0.350 e. The molecular weight excluding hydrogens is 433 g/mol. The summed E-state index contributed by atoms with van der Waals surface area (Å²) in [7, 11) is -3.56. The number of aryl methyl sites for hydroxylation is 1. The number of carbonyl (C=O) groups is 2. The fourth-order valence-electron chi connectivity index (χ4n) is 3.44. The van der Waals surface area contributed by atoms with E-state index in [1.807, 2.05) is 0 Å². The Bertz CT molecular complexity index is 1080. The van der Waals surface area contributed by atoms with Crippen LogP contribution in [0.3, 0.4) is 0 Å². The molecule has 32 heavy (non-hydrogen) atoms. The second kappa shape index (κ2) is 10.2. The third kappa shape index (κ3) is 5.72. The van der Waals surface area contributed by atoms with Gasteiger partial charge in [0.15, 0.2) is 0 Å². The number of hydrogen-bond donors (Lipinski definition) is 2. The van der Waals surface area contributed by atoms with Crippen LogP contribution in [0, 0.1) is 18.7 Å². The van der Waals surface area contributed by atoms with Crippen LogP contribution < -0.4 is 10.6 Å². The van der Waals surface area contributed by atoms with Crippen molar-refractivity contribution in [3.05, 3.63) is 65.0 Å². The van der Waals surface area contributed by atoms with E-state index in [9.17, 15) is 22.4 Å². The summed E-state index contributed by atoms with van der Waals surface area (Å²) in [5, 5.41) is 5.28. The van der Waals surface area contributed by atoms with Crippen molar-refractivity contribution in [1.82, 2.24) is 14.9 Å². The van der Waals surface area contributed by atoms with Gasteiger partial charge >= 0.3 is 0 Å². The van der Waals surface area contributed by atoms with Crippen LogP contribution >= 0.6 is 0 Å². The zero-order valence-corrected chi connectivity index (χ0v) is 19.0. The van der Waals surface area contributed by atoms with Crippen molar-refractivity contribution < 1.29 is 22.4 Å². The molecule has 1 aliphatic heterocycles. The topological polar surface area (TPSA) is 95.6 Å². The Hall–Kier alpha value is -2.78. The van der Waals surface area contributed by atoms with Crippen LogP contribution in [0.4, 0.5) is 4.39 Å². The molecule has 7 nitrogen and oxygen atoms in total. The monoisotopic (exact) mass is 461 g/mol. The van der Waals surface area contributed by atoms with Gasteiger partial charge in [-0.1, -0.05) is 13.0 Å². The summed E-state index contributed by atoms with van der Waals surface area (Å²) < 4.78 is 40.6. The average molecular weight is 462 g/mol. The molecule has 0 atom stereocenters. The number of hydrogen-bond acceptors (Lipinski definition) is 4. The van der Waals surface area contributed by atoms with E-state index < -0.39 is 21.7 Å². The SMILES string of the molecule is Cc1ccc(C(=O)NCCNC(=O)c2ccc(S(=O)(=O)N3CCC(C)CC3)cc2)cc1F. The van der Waals surface area contributed by atoms with Gasteiger partial charge in [0.05, 0.1) is 4.90 Å². The van der Waals surface area contributed by atoms with Gasteiger partial charge in [-0.15, -0.1) is 0 Å². The first-order valence-electron chi connectivity index (χ1n) is 10.6. The van der Waals surface area contributed by atoms with Crippen LogP contribution in [0.2, 0.25) is 0 Å². The maximum absolute atomic E-state index is 13.6. The second-order valence-electron chi connectivity index (χ2n) is 8.09. The number of sulfonamides is 1. The number of amides is 2. The number of benzene rings is 2. The molecule has 0 bridgehead atoms. The van der Waals surface area contributed by atoms with Crippen molar-refractivity contribution in [2.75, 3.05) is 26.2 Å². The molecule has 9 heteroatoms. The quantitative estimate of drug-likeness (QED) is 0.620. The van der Waals surface area contributed by atoms with Crippen molar-refractivity contribution in [1.29, 1.82) is 0 Å². The van der Waals surface area contributed by atoms with Gasteiger partial charge in [-0.25, -0.2) is 12.8 Å². The van der Waals surface area contributed by atoms with Crippen molar-refractivity contribution in [2.24, 2.45) is 5.92 Å². The molecule has 0 aliphatic carbocycles. The summed E-state index contributed by atoms with van der Waals surface area (Å²) >= 11 is 0. The van der Waals surface area contributed by atoms with E-state index >= 15 is 0 Å². The van der Waals surface area contributed by atoms with Gasteiger partial charge in [-0.05, 0) is 67.6 Å². The maximum Gasteiger partial charge on any atom is 0.251 e. The van der Waals surface area contributed by atoms with Gasteiger partial charge in [0.1, 0.15) is 5.82 Å². The number of halogens is 1. The van der Waals surface area contributed by atoms with Gasteiger partial charge in [0.2, 0.25) is 10.0 Å². The van der Waals surface area contributed by atoms with Gasteiger partial charge in [-0.3, -0.25) is 9.59 Å². The second-order valence-corrected chi connectivity index (χ2v) is 10.0. The highest BCUT2D eigenvalue weighted by atomic mass is 32.2. The molecule has 2 N–H and O–H groups in total. The molecule has 1 heterocycles. The summed E-state index contributed by atoms with van der Waals surface area (Å²) in [6.07, 6.45) is 1.68. The molecule has 3 rings (SSSR count). The summed E-state index contributed by atoms with van der Waals surface area (Å²) in [6.45, 7) is 5.08. The van der Waals surface area contributed by atoms with Crippen LogP contribution in [0.5, 0.6) is 0 Å². The van der Waals surface area contributed by atoms with Crippen molar-refractivity contribution >= 4 is 21.8 Å². The number of piperidine rings is 1. The minimum atomic E-state index is -3.56. The number of rotatable bonds is 7. The molecule has 1 fully saturated rings. The smallest absolute Gasteiger partial charge is 0.251 e. The van der Waals surface area contributed by atoms with Crippen molar-refractivity contribution in [3.8, 4) is 0 Å². The van der Waals surface area contributed by atoms with Gasteiger partial charge in [-0.2, -0.15) is 4.31 Å². The third-order valence-electron chi connectivity index (χ3n) is 5.63. The lowest BCUT2D eigenvalue weighted by atomic mass is 10.0. The Morgan fingerprint density at radius 2 is 1.50 bits per heavy atom. The summed E-state index contributed by atoms with van der Waals surface area (Å²) in [6, 6.07) is 10.1. The van der Waals surface area contributed by atoms with E-state index in [1.54, 1.807) is 6.92 Å². The summed E-state index contributed by atoms with van der Waals surface area (Å²) in [5.41, 5.74) is 0.987. The molecule has 0 radical (unpaired) electrons. The van der Waals surface area contributed by atoms with Crippen molar-refractivity contribution in [3.63, 3.8) is 0 Å². The molecule has 0 aromatic heterocycles. The van der Waals surface area contributed by atoms with E-state index in [0.717, 1.165) is 12.8 Å². The Labute approximate surface area is 188 Å². The number of nitrogens with zero attached hydrogens (tertiary/aromatic N) is 1. The first-order chi connectivity index (χ1) is 15.2. The van der Waals surface area contributed by atoms with Crippen molar-refractivity contribution in [2.45, 2.75) is 31.6 Å². The lowest BCUT2D eigenvalue weighted by Crippen LogP contribution is -2.37. The number of nitrogens with one attached hydrogen (secondary N) is 2. The van der Waals surface area contributed by atoms with Crippen LogP contribution in [-0.4, -0.2) is 50.7 Å². The van der Waals surface area contributed by atoms with Crippen LogP contribution in [0.15, 0.2) is 47.4 Å². The molecule has 0 spiro atoms. The maximum atomic E-state index is 13.6. The minimum Gasteiger partial charge on any atom is -0.350 e. The lowest BCUT2D eigenvalue weighted by Gasteiger charge is -2.29. The zero-order valence-electron chi connectivity index (χ0n) is 18.2. The predicted octanol–water partition coefficient (Wildman–Crippen LogP) is 2.71. The fraction of sp³-hybridized carbons (Fsp3) is 0.391.